The Balaban J connectivity index is 0. The Morgan fingerprint density at radius 1 is 1.40 bits per heavy atom. The molecule has 92 valence electrons. The molecule has 3 N–H and O–H groups in total. The molecule has 15 heavy (non-hydrogen) atoms. The third-order valence-corrected chi connectivity index (χ3v) is 1.51. The Labute approximate surface area is 87.5 Å². The van der Waals surface area contributed by atoms with Gasteiger partial charge in [0.1, 0.15) is 0 Å². The summed E-state index contributed by atoms with van der Waals surface area (Å²) < 4.78 is 31.7. The predicted octanol–water partition coefficient (Wildman–Crippen LogP) is 2.55. The highest BCUT2D eigenvalue weighted by Gasteiger charge is 2.38. The first-order valence-corrected chi connectivity index (χ1v) is 4.77. The second-order valence-electron chi connectivity index (χ2n) is 3.28. The Hall–Kier alpha value is -0.780. The van der Waals surface area contributed by atoms with E-state index in [9.17, 15) is 13.2 Å². The summed E-state index contributed by atoms with van der Waals surface area (Å²) in [4.78, 5) is 8.90. The standard InChI is InChI=1S/C7H17N.C2HF3O2/c1-3-4-5-6-7(2)8;3-2(4,5)1(6)7/h7H,3-6,8H2,1-2H3;(H,6,7). The molecular weight excluding hydrogens is 211 g/mol. The Morgan fingerprint density at radius 2 is 1.80 bits per heavy atom. The summed E-state index contributed by atoms with van der Waals surface area (Å²) in [5.74, 6) is -2.76. The highest BCUT2D eigenvalue weighted by atomic mass is 19.4. The van der Waals surface area contributed by atoms with Gasteiger partial charge in [0.25, 0.3) is 0 Å². The van der Waals surface area contributed by atoms with Gasteiger partial charge in [-0.3, -0.25) is 0 Å². The Bertz CT molecular complexity index is 169. The molecule has 1 unspecified atom stereocenters. The van der Waals surface area contributed by atoms with Crippen molar-refractivity contribution in [3.63, 3.8) is 0 Å². The molecule has 0 heterocycles. The van der Waals surface area contributed by atoms with E-state index in [0.717, 1.165) is 0 Å². The summed E-state index contributed by atoms with van der Waals surface area (Å²) >= 11 is 0. The zero-order valence-corrected chi connectivity index (χ0v) is 8.97. The summed E-state index contributed by atoms with van der Waals surface area (Å²) in [5, 5.41) is 7.12. The Morgan fingerprint density at radius 3 is 2.00 bits per heavy atom. The molecule has 0 aromatic rings. The fourth-order valence-electron chi connectivity index (χ4n) is 0.716. The minimum Gasteiger partial charge on any atom is -0.475 e. The van der Waals surface area contributed by atoms with E-state index in [1.807, 2.05) is 0 Å². The number of aliphatic carboxylic acids is 1. The molecule has 0 saturated carbocycles. The lowest BCUT2D eigenvalue weighted by molar-refractivity contribution is -0.192. The number of halogens is 3. The van der Waals surface area contributed by atoms with E-state index in [4.69, 9.17) is 15.6 Å². The Kier molecular flexibility index (Phi) is 9.46. The maximum atomic E-state index is 10.6. The van der Waals surface area contributed by atoms with Crippen LogP contribution in [0.25, 0.3) is 0 Å². The van der Waals surface area contributed by atoms with Crippen LogP contribution in [0.2, 0.25) is 0 Å². The molecule has 0 spiro atoms. The number of carbonyl (C=O) groups is 1. The molecule has 0 aliphatic rings. The van der Waals surface area contributed by atoms with Gasteiger partial charge >= 0.3 is 12.1 Å². The second kappa shape index (κ2) is 8.52. The van der Waals surface area contributed by atoms with Gasteiger partial charge in [0.05, 0.1) is 0 Å². The first-order chi connectivity index (χ1) is 6.71. The molecule has 0 aromatic heterocycles. The van der Waals surface area contributed by atoms with Gasteiger partial charge in [-0.1, -0.05) is 26.2 Å². The van der Waals surface area contributed by atoms with Crippen molar-refractivity contribution >= 4 is 5.97 Å². The molecule has 0 radical (unpaired) electrons. The van der Waals surface area contributed by atoms with Crippen molar-refractivity contribution in [3.8, 4) is 0 Å². The van der Waals surface area contributed by atoms with Crippen LogP contribution >= 0.6 is 0 Å². The van der Waals surface area contributed by atoms with Gasteiger partial charge in [0.2, 0.25) is 0 Å². The molecule has 0 saturated heterocycles. The fourth-order valence-corrected chi connectivity index (χ4v) is 0.716. The van der Waals surface area contributed by atoms with Gasteiger partial charge in [0, 0.05) is 6.04 Å². The van der Waals surface area contributed by atoms with E-state index < -0.39 is 12.1 Å². The minimum atomic E-state index is -5.08. The molecule has 0 bridgehead atoms. The van der Waals surface area contributed by atoms with E-state index in [2.05, 4.69) is 13.8 Å². The smallest absolute Gasteiger partial charge is 0.475 e. The van der Waals surface area contributed by atoms with Crippen molar-refractivity contribution in [1.29, 1.82) is 0 Å². The molecule has 0 aromatic carbocycles. The van der Waals surface area contributed by atoms with Crippen LogP contribution in [0.3, 0.4) is 0 Å². The number of nitrogens with two attached hydrogens (primary N) is 1. The van der Waals surface area contributed by atoms with Crippen molar-refractivity contribution in [2.75, 3.05) is 0 Å². The van der Waals surface area contributed by atoms with Crippen LogP contribution in [0.15, 0.2) is 0 Å². The summed E-state index contributed by atoms with van der Waals surface area (Å²) in [6, 6.07) is 0.404. The predicted molar refractivity (Wildman–Crippen MR) is 51.5 cm³/mol. The minimum absolute atomic E-state index is 0.404. The van der Waals surface area contributed by atoms with Crippen molar-refractivity contribution < 1.29 is 23.1 Å². The summed E-state index contributed by atoms with van der Waals surface area (Å²) in [5.41, 5.74) is 5.53. The first kappa shape index (κ1) is 16.6. The summed E-state index contributed by atoms with van der Waals surface area (Å²) in [6.45, 7) is 4.27. The van der Waals surface area contributed by atoms with Gasteiger partial charge in [0.15, 0.2) is 0 Å². The topological polar surface area (TPSA) is 63.3 Å². The quantitative estimate of drug-likeness (QED) is 0.728. The molecular formula is C9H18F3NO2. The van der Waals surface area contributed by atoms with Crippen molar-refractivity contribution in [3.05, 3.63) is 0 Å². The van der Waals surface area contributed by atoms with Gasteiger partial charge in [-0.05, 0) is 13.3 Å². The van der Waals surface area contributed by atoms with Crippen LogP contribution in [0, 0.1) is 0 Å². The highest BCUT2D eigenvalue weighted by molar-refractivity contribution is 5.73. The van der Waals surface area contributed by atoms with E-state index >= 15 is 0 Å². The zero-order chi connectivity index (χ0) is 12.5. The monoisotopic (exact) mass is 229 g/mol. The molecule has 6 heteroatoms. The van der Waals surface area contributed by atoms with Gasteiger partial charge < -0.3 is 10.8 Å². The maximum Gasteiger partial charge on any atom is 0.490 e. The van der Waals surface area contributed by atoms with Crippen LogP contribution in [0.1, 0.15) is 39.5 Å². The normalized spacial score (nSPS) is 12.7. The SMILES string of the molecule is CCCCCC(C)N.O=C(O)C(F)(F)F. The van der Waals surface area contributed by atoms with E-state index in [1.54, 1.807) is 0 Å². The van der Waals surface area contributed by atoms with Crippen molar-refractivity contribution in [1.82, 2.24) is 0 Å². The molecule has 0 aliphatic carbocycles. The van der Waals surface area contributed by atoms with E-state index in [0.29, 0.717) is 6.04 Å². The molecule has 0 rings (SSSR count). The van der Waals surface area contributed by atoms with Crippen LogP contribution in [0.5, 0.6) is 0 Å². The average molecular weight is 229 g/mol. The number of hydrogen-bond donors (Lipinski definition) is 2. The lowest BCUT2D eigenvalue weighted by Gasteiger charge is -2.01. The highest BCUT2D eigenvalue weighted by Crippen LogP contribution is 2.13. The van der Waals surface area contributed by atoms with Crippen LogP contribution < -0.4 is 5.73 Å². The number of hydrogen-bond acceptors (Lipinski definition) is 2. The summed E-state index contributed by atoms with van der Waals surface area (Å²) in [6.07, 6.45) is 0.0380. The third kappa shape index (κ3) is 15.9. The van der Waals surface area contributed by atoms with Crippen molar-refractivity contribution in [2.45, 2.75) is 51.7 Å². The number of alkyl halides is 3. The second-order valence-corrected chi connectivity index (χ2v) is 3.28. The van der Waals surface area contributed by atoms with E-state index in [1.165, 1.54) is 25.7 Å². The van der Waals surface area contributed by atoms with E-state index in [-0.39, 0.29) is 0 Å². The fraction of sp³-hybridized carbons (Fsp3) is 0.889. The van der Waals surface area contributed by atoms with Gasteiger partial charge in [-0.15, -0.1) is 0 Å². The van der Waals surface area contributed by atoms with Gasteiger partial charge in [-0.2, -0.15) is 13.2 Å². The average Bonchev–Trinajstić information content (AvgIpc) is 2.03. The zero-order valence-electron chi connectivity index (χ0n) is 8.97. The first-order valence-electron chi connectivity index (χ1n) is 4.77. The summed E-state index contributed by atoms with van der Waals surface area (Å²) in [7, 11) is 0. The lowest BCUT2D eigenvalue weighted by Crippen LogP contribution is -2.21. The van der Waals surface area contributed by atoms with Gasteiger partial charge in [-0.25, -0.2) is 4.79 Å². The van der Waals surface area contributed by atoms with Crippen molar-refractivity contribution in [2.24, 2.45) is 5.73 Å². The molecule has 0 aliphatic heterocycles. The maximum absolute atomic E-state index is 10.6. The molecule has 1 atom stereocenters. The molecule has 0 fully saturated rings. The number of carboxylic acids is 1. The molecule has 3 nitrogen and oxygen atoms in total. The lowest BCUT2D eigenvalue weighted by atomic mass is 10.1. The molecule has 0 amide bonds. The number of rotatable bonds is 4. The van der Waals surface area contributed by atoms with Crippen LogP contribution in [-0.4, -0.2) is 23.3 Å². The number of unbranched alkanes of at least 4 members (excludes halogenated alkanes) is 2. The third-order valence-electron chi connectivity index (χ3n) is 1.51. The largest absolute Gasteiger partial charge is 0.490 e. The van der Waals surface area contributed by atoms with Crippen LogP contribution in [-0.2, 0) is 4.79 Å². The number of carboxylic acid groups (broad SMARTS) is 1. The van der Waals surface area contributed by atoms with Crippen LogP contribution in [0.4, 0.5) is 13.2 Å².